The van der Waals surface area contributed by atoms with Crippen LogP contribution < -0.4 is 0 Å². The molecule has 1 aromatic carbocycles. The second-order valence-corrected chi connectivity index (χ2v) is 7.42. The third-order valence-corrected chi connectivity index (χ3v) is 6.02. The minimum Gasteiger partial charge on any atom is -0.512 e. The molecule has 1 N–H and O–H groups in total. The highest BCUT2D eigenvalue weighted by atomic mass is 16.6. The van der Waals surface area contributed by atoms with Crippen molar-refractivity contribution in [1.82, 2.24) is 0 Å². The van der Waals surface area contributed by atoms with Crippen LogP contribution in [0.1, 0.15) is 62.0 Å². The lowest BCUT2D eigenvalue weighted by atomic mass is 9.74. The summed E-state index contributed by atoms with van der Waals surface area (Å²) in [5.74, 6) is 0.645. The predicted octanol–water partition coefficient (Wildman–Crippen LogP) is 4.42. The Labute approximate surface area is 137 Å². The van der Waals surface area contributed by atoms with Crippen molar-refractivity contribution in [2.75, 3.05) is 0 Å². The summed E-state index contributed by atoms with van der Waals surface area (Å²) in [5.41, 5.74) is 2.34. The van der Waals surface area contributed by atoms with Crippen molar-refractivity contribution in [1.29, 1.82) is 0 Å². The molecule has 1 aromatic rings. The number of hydrogen-bond acceptors (Lipinski definition) is 3. The summed E-state index contributed by atoms with van der Waals surface area (Å²) in [4.78, 5) is 12.0. The first kappa shape index (κ1) is 14.8. The molecule has 0 radical (unpaired) electrons. The van der Waals surface area contributed by atoms with E-state index in [0.29, 0.717) is 18.3 Å². The van der Waals surface area contributed by atoms with Gasteiger partial charge in [-0.3, -0.25) is 0 Å². The van der Waals surface area contributed by atoms with Crippen molar-refractivity contribution >= 4 is 5.97 Å². The Kier molecular flexibility index (Phi) is 3.67. The van der Waals surface area contributed by atoms with E-state index in [1.54, 1.807) is 0 Å². The van der Waals surface area contributed by atoms with E-state index in [2.05, 4.69) is 24.3 Å². The van der Waals surface area contributed by atoms with Gasteiger partial charge < -0.3 is 9.84 Å². The fourth-order valence-corrected chi connectivity index (χ4v) is 4.99. The molecule has 2 unspecified atom stereocenters. The van der Waals surface area contributed by atoms with Gasteiger partial charge in [-0.2, -0.15) is 0 Å². The van der Waals surface area contributed by atoms with Crippen molar-refractivity contribution in [3.63, 3.8) is 0 Å². The highest BCUT2D eigenvalue weighted by Crippen LogP contribution is 2.49. The highest BCUT2D eigenvalue weighted by molar-refractivity contribution is 5.83. The molecular formula is C20H24O3. The number of fused-ring (bicyclic) bond motifs is 1. The molecule has 1 aliphatic heterocycles. The molecule has 1 saturated carbocycles. The Morgan fingerprint density at radius 2 is 1.96 bits per heavy atom. The van der Waals surface area contributed by atoms with Gasteiger partial charge in [0.2, 0.25) is 0 Å². The molecule has 1 fully saturated rings. The van der Waals surface area contributed by atoms with Crippen LogP contribution in [-0.4, -0.2) is 16.7 Å². The zero-order valence-electron chi connectivity index (χ0n) is 13.5. The first-order chi connectivity index (χ1) is 11.2. The summed E-state index contributed by atoms with van der Waals surface area (Å²) >= 11 is 0. The Hall–Kier alpha value is -1.77. The number of esters is 1. The standard InChI is InChI=1S/C20H24O3/c21-17-11-19(22)23-20(13-17,16-6-2-3-7-16)12-15-10-9-14-5-1-4-8-18(14)15/h1,4-5,8,11,15-16,21H,2-3,6-7,9-10,12-13H2. The number of ether oxygens (including phenoxy) is 1. The number of cyclic esters (lactones) is 1. The topological polar surface area (TPSA) is 46.5 Å². The molecule has 0 bridgehead atoms. The van der Waals surface area contributed by atoms with E-state index in [-0.39, 0.29) is 11.7 Å². The van der Waals surface area contributed by atoms with Crippen LogP contribution in [-0.2, 0) is 16.0 Å². The lowest BCUT2D eigenvalue weighted by Gasteiger charge is -2.42. The van der Waals surface area contributed by atoms with Crippen molar-refractivity contribution < 1.29 is 14.6 Å². The van der Waals surface area contributed by atoms with E-state index in [9.17, 15) is 9.90 Å². The number of hydrogen-bond donors (Lipinski definition) is 1. The Morgan fingerprint density at radius 1 is 1.17 bits per heavy atom. The van der Waals surface area contributed by atoms with Gasteiger partial charge in [0.15, 0.2) is 0 Å². The van der Waals surface area contributed by atoms with Gasteiger partial charge in [0, 0.05) is 6.42 Å². The molecule has 2 atom stereocenters. The average Bonchev–Trinajstić information content (AvgIpc) is 3.17. The number of carbonyl (C=O) groups is 1. The van der Waals surface area contributed by atoms with Gasteiger partial charge in [-0.1, -0.05) is 37.1 Å². The van der Waals surface area contributed by atoms with Crippen molar-refractivity contribution in [3.05, 3.63) is 47.2 Å². The van der Waals surface area contributed by atoms with Crippen LogP contribution in [0.25, 0.3) is 0 Å². The summed E-state index contributed by atoms with van der Waals surface area (Å²) in [7, 11) is 0. The fourth-order valence-electron chi connectivity index (χ4n) is 4.99. The number of aliphatic hydroxyl groups excluding tert-OH is 1. The van der Waals surface area contributed by atoms with Gasteiger partial charge >= 0.3 is 5.97 Å². The maximum absolute atomic E-state index is 12.0. The van der Waals surface area contributed by atoms with Crippen LogP contribution in [0.4, 0.5) is 0 Å². The molecule has 2 aliphatic carbocycles. The van der Waals surface area contributed by atoms with E-state index >= 15 is 0 Å². The number of aryl methyl sites for hydroxylation is 1. The van der Waals surface area contributed by atoms with Crippen LogP contribution >= 0.6 is 0 Å². The van der Waals surface area contributed by atoms with Gasteiger partial charge in [-0.05, 0) is 55.1 Å². The van der Waals surface area contributed by atoms with Crippen LogP contribution in [0.2, 0.25) is 0 Å². The van der Waals surface area contributed by atoms with E-state index in [1.165, 1.54) is 30.0 Å². The van der Waals surface area contributed by atoms with Gasteiger partial charge in [-0.25, -0.2) is 4.79 Å². The van der Waals surface area contributed by atoms with Gasteiger partial charge in [0.1, 0.15) is 11.4 Å². The van der Waals surface area contributed by atoms with Gasteiger partial charge in [0.05, 0.1) is 6.08 Å². The number of aliphatic hydroxyl groups is 1. The monoisotopic (exact) mass is 312 g/mol. The normalized spacial score (nSPS) is 30.9. The third-order valence-electron chi connectivity index (χ3n) is 6.02. The van der Waals surface area contributed by atoms with E-state index in [4.69, 9.17) is 4.74 Å². The summed E-state index contributed by atoms with van der Waals surface area (Å²) in [5, 5.41) is 10.1. The van der Waals surface area contributed by atoms with Gasteiger partial charge in [-0.15, -0.1) is 0 Å². The quantitative estimate of drug-likeness (QED) is 0.840. The second-order valence-electron chi connectivity index (χ2n) is 7.42. The second kappa shape index (κ2) is 5.70. The molecular weight excluding hydrogens is 288 g/mol. The zero-order chi connectivity index (χ0) is 15.9. The Balaban J connectivity index is 1.64. The average molecular weight is 312 g/mol. The third kappa shape index (κ3) is 2.66. The predicted molar refractivity (Wildman–Crippen MR) is 88.2 cm³/mol. The van der Waals surface area contributed by atoms with Crippen LogP contribution in [0.3, 0.4) is 0 Å². The fraction of sp³-hybridized carbons (Fsp3) is 0.550. The number of benzene rings is 1. The number of carbonyl (C=O) groups excluding carboxylic acids is 1. The molecule has 23 heavy (non-hydrogen) atoms. The first-order valence-electron chi connectivity index (χ1n) is 8.87. The van der Waals surface area contributed by atoms with E-state index < -0.39 is 5.60 Å². The van der Waals surface area contributed by atoms with Gasteiger partial charge in [0.25, 0.3) is 0 Å². The molecule has 3 aliphatic rings. The van der Waals surface area contributed by atoms with Crippen molar-refractivity contribution in [3.8, 4) is 0 Å². The Morgan fingerprint density at radius 3 is 2.74 bits per heavy atom. The first-order valence-corrected chi connectivity index (χ1v) is 8.87. The van der Waals surface area contributed by atoms with Crippen molar-refractivity contribution in [2.45, 2.75) is 62.9 Å². The highest BCUT2D eigenvalue weighted by Gasteiger charge is 2.48. The molecule has 0 aromatic heterocycles. The zero-order valence-corrected chi connectivity index (χ0v) is 13.5. The molecule has 0 amide bonds. The summed E-state index contributed by atoms with van der Waals surface area (Å²) in [6, 6.07) is 8.63. The van der Waals surface area contributed by atoms with Crippen molar-refractivity contribution in [2.24, 2.45) is 5.92 Å². The molecule has 0 saturated heterocycles. The van der Waals surface area contributed by atoms with E-state index in [1.807, 2.05) is 0 Å². The number of rotatable bonds is 3. The smallest absolute Gasteiger partial charge is 0.334 e. The largest absolute Gasteiger partial charge is 0.512 e. The SMILES string of the molecule is O=C1C=C(O)CC(CC2CCc3ccccc32)(C2CCCC2)O1. The maximum atomic E-state index is 12.0. The summed E-state index contributed by atoms with van der Waals surface area (Å²) < 4.78 is 5.93. The summed E-state index contributed by atoms with van der Waals surface area (Å²) in [6.45, 7) is 0. The molecule has 3 heteroatoms. The Bertz CT molecular complexity index is 642. The van der Waals surface area contributed by atoms with Crippen LogP contribution in [0, 0.1) is 5.92 Å². The lowest BCUT2D eigenvalue weighted by Crippen LogP contribution is -2.45. The van der Waals surface area contributed by atoms with Crippen LogP contribution in [0.15, 0.2) is 36.1 Å². The summed E-state index contributed by atoms with van der Waals surface area (Å²) in [6.07, 6.45) is 9.43. The molecule has 0 spiro atoms. The minimum atomic E-state index is -0.505. The lowest BCUT2D eigenvalue weighted by molar-refractivity contribution is -0.166. The minimum absolute atomic E-state index is 0.194. The molecule has 3 nitrogen and oxygen atoms in total. The molecule has 122 valence electrons. The van der Waals surface area contributed by atoms with E-state index in [0.717, 1.165) is 32.1 Å². The van der Waals surface area contributed by atoms with Crippen LogP contribution in [0.5, 0.6) is 0 Å². The molecule has 4 rings (SSSR count). The maximum Gasteiger partial charge on any atom is 0.334 e. The molecule has 1 heterocycles.